The second kappa shape index (κ2) is 7.90. The summed E-state index contributed by atoms with van der Waals surface area (Å²) in [6.45, 7) is 6.19. The van der Waals surface area contributed by atoms with Crippen LogP contribution >= 0.6 is 0 Å². The SMILES string of the molecule is C=CCN(CC(=O)OCC)C(=O)C1CCCCC1. The number of ether oxygens (including phenoxy) is 1. The summed E-state index contributed by atoms with van der Waals surface area (Å²) < 4.78 is 4.89. The molecule has 0 spiro atoms. The number of nitrogens with zero attached hydrogens (tertiary/aromatic N) is 1. The van der Waals surface area contributed by atoms with Crippen molar-refractivity contribution in [3.63, 3.8) is 0 Å². The van der Waals surface area contributed by atoms with Gasteiger partial charge in [0.2, 0.25) is 5.91 Å². The fourth-order valence-electron chi connectivity index (χ4n) is 2.36. The first-order valence-corrected chi connectivity index (χ1v) is 6.74. The third-order valence-corrected chi connectivity index (χ3v) is 3.24. The van der Waals surface area contributed by atoms with E-state index < -0.39 is 0 Å². The quantitative estimate of drug-likeness (QED) is 0.538. The zero-order valence-electron chi connectivity index (χ0n) is 11.2. The molecule has 18 heavy (non-hydrogen) atoms. The highest BCUT2D eigenvalue weighted by molar-refractivity contribution is 5.83. The third kappa shape index (κ3) is 4.51. The lowest BCUT2D eigenvalue weighted by Gasteiger charge is -2.27. The number of rotatable bonds is 6. The molecule has 1 rings (SSSR count). The van der Waals surface area contributed by atoms with Crippen molar-refractivity contribution in [2.75, 3.05) is 19.7 Å². The molecule has 102 valence electrons. The highest BCUT2D eigenvalue weighted by atomic mass is 16.5. The van der Waals surface area contributed by atoms with Crippen LogP contribution in [0.1, 0.15) is 39.0 Å². The standard InChI is InChI=1S/C14H23NO3/c1-3-10-15(11-13(16)18-4-2)14(17)12-8-6-5-7-9-12/h3,12H,1,4-11H2,2H3. The molecule has 1 aliphatic rings. The molecule has 0 heterocycles. The Hall–Kier alpha value is -1.32. The molecular formula is C14H23NO3. The zero-order chi connectivity index (χ0) is 13.4. The van der Waals surface area contributed by atoms with Crippen molar-refractivity contribution in [2.24, 2.45) is 5.92 Å². The summed E-state index contributed by atoms with van der Waals surface area (Å²) in [6.07, 6.45) is 6.96. The highest BCUT2D eigenvalue weighted by Gasteiger charge is 2.26. The van der Waals surface area contributed by atoms with Crippen LogP contribution in [-0.2, 0) is 14.3 Å². The van der Waals surface area contributed by atoms with Crippen molar-refractivity contribution in [3.8, 4) is 0 Å². The van der Waals surface area contributed by atoms with Gasteiger partial charge in [-0.3, -0.25) is 9.59 Å². The lowest BCUT2D eigenvalue weighted by Crippen LogP contribution is -2.40. The van der Waals surface area contributed by atoms with Gasteiger partial charge in [0.05, 0.1) is 6.61 Å². The summed E-state index contributed by atoms with van der Waals surface area (Å²) in [5.74, 6) is -0.195. The van der Waals surface area contributed by atoms with Crippen LogP contribution < -0.4 is 0 Å². The molecule has 4 nitrogen and oxygen atoms in total. The average molecular weight is 253 g/mol. The number of carbonyl (C=O) groups is 2. The molecule has 1 fully saturated rings. The number of carbonyl (C=O) groups excluding carboxylic acids is 2. The van der Waals surface area contributed by atoms with Crippen molar-refractivity contribution in [2.45, 2.75) is 39.0 Å². The fraction of sp³-hybridized carbons (Fsp3) is 0.714. The number of hydrogen-bond donors (Lipinski definition) is 0. The minimum Gasteiger partial charge on any atom is -0.465 e. The van der Waals surface area contributed by atoms with Crippen molar-refractivity contribution < 1.29 is 14.3 Å². The van der Waals surface area contributed by atoms with E-state index in [4.69, 9.17) is 4.74 Å². The molecule has 1 saturated carbocycles. The van der Waals surface area contributed by atoms with Gasteiger partial charge in [-0.2, -0.15) is 0 Å². The Bertz CT molecular complexity index is 295. The molecule has 0 aliphatic heterocycles. The molecule has 0 aromatic carbocycles. The minimum atomic E-state index is -0.344. The fourth-order valence-corrected chi connectivity index (χ4v) is 2.36. The Kier molecular flexibility index (Phi) is 6.47. The van der Waals surface area contributed by atoms with E-state index in [2.05, 4.69) is 6.58 Å². The topological polar surface area (TPSA) is 46.6 Å². The molecule has 0 aromatic rings. The molecule has 1 amide bonds. The summed E-state index contributed by atoms with van der Waals surface area (Å²) in [5.41, 5.74) is 0. The van der Waals surface area contributed by atoms with Crippen LogP contribution in [0.2, 0.25) is 0 Å². The van der Waals surface area contributed by atoms with Crippen LogP contribution in [0, 0.1) is 5.92 Å². The normalized spacial score (nSPS) is 16.1. The maximum atomic E-state index is 12.3. The maximum Gasteiger partial charge on any atom is 0.325 e. The monoisotopic (exact) mass is 253 g/mol. The van der Waals surface area contributed by atoms with Gasteiger partial charge in [0, 0.05) is 12.5 Å². The van der Waals surface area contributed by atoms with Crippen LogP contribution in [0.15, 0.2) is 12.7 Å². The van der Waals surface area contributed by atoms with E-state index in [0.29, 0.717) is 13.2 Å². The molecule has 0 N–H and O–H groups in total. The summed E-state index contributed by atoms with van der Waals surface area (Å²) in [7, 11) is 0. The highest BCUT2D eigenvalue weighted by Crippen LogP contribution is 2.25. The van der Waals surface area contributed by atoms with E-state index in [1.807, 2.05) is 0 Å². The molecule has 0 unspecified atom stereocenters. The molecule has 4 heteroatoms. The van der Waals surface area contributed by atoms with Gasteiger partial charge in [-0.15, -0.1) is 6.58 Å². The Labute approximate surface area is 109 Å². The first-order valence-electron chi connectivity index (χ1n) is 6.74. The Morgan fingerprint density at radius 3 is 2.56 bits per heavy atom. The maximum absolute atomic E-state index is 12.3. The van der Waals surface area contributed by atoms with Crippen molar-refractivity contribution in [1.82, 2.24) is 4.90 Å². The molecule has 0 atom stereocenters. The molecule has 0 radical (unpaired) electrons. The summed E-state index contributed by atoms with van der Waals surface area (Å²) in [5, 5.41) is 0. The van der Waals surface area contributed by atoms with Crippen LogP contribution in [0.4, 0.5) is 0 Å². The predicted molar refractivity (Wildman–Crippen MR) is 70.0 cm³/mol. The van der Waals surface area contributed by atoms with Gasteiger partial charge in [0.1, 0.15) is 6.54 Å². The van der Waals surface area contributed by atoms with E-state index in [0.717, 1.165) is 25.7 Å². The summed E-state index contributed by atoms with van der Waals surface area (Å²) in [4.78, 5) is 25.3. The van der Waals surface area contributed by atoms with E-state index in [-0.39, 0.29) is 24.3 Å². The lowest BCUT2D eigenvalue weighted by molar-refractivity contribution is -0.150. The minimum absolute atomic E-state index is 0.0369. The second-order valence-electron chi connectivity index (χ2n) is 4.65. The number of esters is 1. The van der Waals surface area contributed by atoms with Crippen molar-refractivity contribution in [3.05, 3.63) is 12.7 Å². The molecular weight excluding hydrogens is 230 g/mol. The molecule has 0 saturated heterocycles. The smallest absolute Gasteiger partial charge is 0.325 e. The Balaban J connectivity index is 2.55. The van der Waals surface area contributed by atoms with Crippen molar-refractivity contribution in [1.29, 1.82) is 0 Å². The van der Waals surface area contributed by atoms with Gasteiger partial charge in [0.15, 0.2) is 0 Å². The zero-order valence-corrected chi connectivity index (χ0v) is 11.2. The summed E-state index contributed by atoms with van der Waals surface area (Å²) >= 11 is 0. The van der Waals surface area contributed by atoms with E-state index in [9.17, 15) is 9.59 Å². The third-order valence-electron chi connectivity index (χ3n) is 3.24. The first-order chi connectivity index (χ1) is 8.69. The van der Waals surface area contributed by atoms with Gasteiger partial charge >= 0.3 is 5.97 Å². The molecule has 0 bridgehead atoms. The van der Waals surface area contributed by atoms with Gasteiger partial charge in [0.25, 0.3) is 0 Å². The number of hydrogen-bond acceptors (Lipinski definition) is 3. The van der Waals surface area contributed by atoms with E-state index >= 15 is 0 Å². The van der Waals surface area contributed by atoms with Crippen LogP contribution in [0.5, 0.6) is 0 Å². The predicted octanol–water partition coefficient (Wildman–Crippen LogP) is 2.14. The van der Waals surface area contributed by atoms with Gasteiger partial charge in [-0.25, -0.2) is 0 Å². The van der Waals surface area contributed by atoms with Crippen molar-refractivity contribution >= 4 is 11.9 Å². The largest absolute Gasteiger partial charge is 0.465 e. The van der Waals surface area contributed by atoms with Gasteiger partial charge in [-0.1, -0.05) is 25.3 Å². The second-order valence-corrected chi connectivity index (χ2v) is 4.65. The molecule has 1 aliphatic carbocycles. The van der Waals surface area contributed by atoms with E-state index in [1.165, 1.54) is 6.42 Å². The van der Waals surface area contributed by atoms with Gasteiger partial charge < -0.3 is 9.64 Å². The molecule has 0 aromatic heterocycles. The Morgan fingerprint density at radius 2 is 2.00 bits per heavy atom. The first kappa shape index (κ1) is 14.7. The average Bonchev–Trinajstić information content (AvgIpc) is 2.39. The number of amides is 1. The van der Waals surface area contributed by atoms with Crippen LogP contribution in [0.3, 0.4) is 0 Å². The lowest BCUT2D eigenvalue weighted by atomic mass is 9.88. The van der Waals surface area contributed by atoms with Crippen LogP contribution in [-0.4, -0.2) is 36.5 Å². The van der Waals surface area contributed by atoms with Crippen LogP contribution in [0.25, 0.3) is 0 Å². The van der Waals surface area contributed by atoms with Gasteiger partial charge in [-0.05, 0) is 19.8 Å². The van der Waals surface area contributed by atoms with E-state index in [1.54, 1.807) is 17.9 Å². The summed E-state index contributed by atoms with van der Waals surface area (Å²) in [6, 6.07) is 0. The Morgan fingerprint density at radius 1 is 1.33 bits per heavy atom.